The Labute approximate surface area is 108 Å². The zero-order valence-electron chi connectivity index (χ0n) is 10.9. The number of fused-ring (bicyclic) bond motifs is 1. The lowest BCUT2D eigenvalue weighted by Gasteiger charge is -2.24. The second kappa shape index (κ2) is 6.10. The SMILES string of the molecule is CSC[C@H](C)NC(=O)[C@@H]1C[C@@H]2CCCC[C@H]2N1. The van der Waals surface area contributed by atoms with Gasteiger partial charge in [-0.1, -0.05) is 12.8 Å². The number of amides is 1. The van der Waals surface area contributed by atoms with Crippen molar-refractivity contribution in [2.24, 2.45) is 5.92 Å². The minimum absolute atomic E-state index is 0.0624. The minimum atomic E-state index is 0.0624. The summed E-state index contributed by atoms with van der Waals surface area (Å²) in [5.41, 5.74) is 0. The van der Waals surface area contributed by atoms with Crippen molar-refractivity contribution in [3.63, 3.8) is 0 Å². The van der Waals surface area contributed by atoms with Gasteiger partial charge in [0.15, 0.2) is 0 Å². The van der Waals surface area contributed by atoms with E-state index in [-0.39, 0.29) is 18.0 Å². The van der Waals surface area contributed by atoms with Crippen LogP contribution in [0.25, 0.3) is 0 Å². The van der Waals surface area contributed by atoms with Crippen molar-refractivity contribution in [2.45, 2.75) is 57.2 Å². The fourth-order valence-corrected chi connectivity index (χ4v) is 3.74. The Balaban J connectivity index is 1.80. The average molecular weight is 256 g/mol. The van der Waals surface area contributed by atoms with Gasteiger partial charge in [-0.25, -0.2) is 0 Å². The quantitative estimate of drug-likeness (QED) is 0.805. The number of carbonyl (C=O) groups is 1. The smallest absolute Gasteiger partial charge is 0.237 e. The molecule has 98 valence electrons. The van der Waals surface area contributed by atoms with Crippen LogP contribution in [0.4, 0.5) is 0 Å². The summed E-state index contributed by atoms with van der Waals surface area (Å²) >= 11 is 1.78. The summed E-state index contributed by atoms with van der Waals surface area (Å²) < 4.78 is 0. The van der Waals surface area contributed by atoms with E-state index in [1.807, 2.05) is 0 Å². The van der Waals surface area contributed by atoms with E-state index >= 15 is 0 Å². The molecule has 0 unspecified atom stereocenters. The second-order valence-electron chi connectivity index (χ2n) is 5.47. The molecule has 1 saturated heterocycles. The van der Waals surface area contributed by atoms with Gasteiger partial charge in [0, 0.05) is 17.8 Å². The number of carbonyl (C=O) groups excluding carboxylic acids is 1. The molecule has 4 atom stereocenters. The van der Waals surface area contributed by atoms with Crippen LogP contribution in [0.1, 0.15) is 39.0 Å². The molecule has 0 aromatic heterocycles. The second-order valence-corrected chi connectivity index (χ2v) is 6.38. The highest BCUT2D eigenvalue weighted by atomic mass is 32.2. The van der Waals surface area contributed by atoms with Gasteiger partial charge in [-0.05, 0) is 38.4 Å². The van der Waals surface area contributed by atoms with Gasteiger partial charge in [-0.2, -0.15) is 11.8 Å². The first kappa shape index (κ1) is 13.2. The largest absolute Gasteiger partial charge is 0.351 e. The zero-order chi connectivity index (χ0) is 12.3. The van der Waals surface area contributed by atoms with Crippen molar-refractivity contribution < 1.29 is 4.79 Å². The Morgan fingerprint density at radius 2 is 2.24 bits per heavy atom. The molecule has 0 aromatic rings. The van der Waals surface area contributed by atoms with E-state index in [4.69, 9.17) is 0 Å². The van der Waals surface area contributed by atoms with Crippen LogP contribution in [-0.2, 0) is 4.79 Å². The highest BCUT2D eigenvalue weighted by Crippen LogP contribution is 2.33. The summed E-state index contributed by atoms with van der Waals surface area (Å²) in [6.07, 6.45) is 8.36. The molecule has 2 fully saturated rings. The van der Waals surface area contributed by atoms with Gasteiger partial charge < -0.3 is 10.6 Å². The first-order valence-corrected chi connectivity index (χ1v) is 8.15. The third-order valence-electron chi connectivity index (χ3n) is 3.98. The molecule has 1 amide bonds. The Morgan fingerprint density at radius 1 is 1.47 bits per heavy atom. The molecule has 4 heteroatoms. The van der Waals surface area contributed by atoms with Gasteiger partial charge in [0.2, 0.25) is 5.91 Å². The van der Waals surface area contributed by atoms with Crippen LogP contribution in [0.5, 0.6) is 0 Å². The topological polar surface area (TPSA) is 41.1 Å². The monoisotopic (exact) mass is 256 g/mol. The third-order valence-corrected chi connectivity index (χ3v) is 4.82. The van der Waals surface area contributed by atoms with E-state index in [1.165, 1.54) is 25.7 Å². The molecule has 0 bridgehead atoms. The first-order valence-electron chi connectivity index (χ1n) is 6.76. The maximum absolute atomic E-state index is 12.1. The third kappa shape index (κ3) is 3.38. The number of rotatable bonds is 4. The Kier molecular flexibility index (Phi) is 4.74. The van der Waals surface area contributed by atoms with Crippen molar-refractivity contribution in [2.75, 3.05) is 12.0 Å². The van der Waals surface area contributed by atoms with Gasteiger partial charge in [0.05, 0.1) is 6.04 Å². The summed E-state index contributed by atoms with van der Waals surface area (Å²) in [6.45, 7) is 2.08. The van der Waals surface area contributed by atoms with Gasteiger partial charge in [-0.15, -0.1) is 0 Å². The number of thioether (sulfide) groups is 1. The number of nitrogens with one attached hydrogen (secondary N) is 2. The lowest BCUT2D eigenvalue weighted by Crippen LogP contribution is -2.46. The molecule has 1 heterocycles. The molecule has 0 aromatic carbocycles. The van der Waals surface area contributed by atoms with Crippen molar-refractivity contribution in [3.8, 4) is 0 Å². The maximum Gasteiger partial charge on any atom is 0.237 e. The lowest BCUT2D eigenvalue weighted by atomic mass is 9.85. The predicted molar refractivity (Wildman–Crippen MR) is 73.3 cm³/mol. The molecular formula is C13H24N2OS. The van der Waals surface area contributed by atoms with E-state index in [0.717, 1.165) is 18.1 Å². The fraction of sp³-hybridized carbons (Fsp3) is 0.923. The molecule has 1 aliphatic heterocycles. The molecule has 2 rings (SSSR count). The predicted octanol–water partition coefficient (Wildman–Crippen LogP) is 1.77. The van der Waals surface area contributed by atoms with E-state index < -0.39 is 0 Å². The first-order chi connectivity index (χ1) is 8.20. The van der Waals surface area contributed by atoms with Gasteiger partial charge >= 0.3 is 0 Å². The van der Waals surface area contributed by atoms with E-state index in [1.54, 1.807) is 11.8 Å². The van der Waals surface area contributed by atoms with Crippen molar-refractivity contribution in [3.05, 3.63) is 0 Å². The Bertz CT molecular complexity index is 258. The van der Waals surface area contributed by atoms with E-state index in [9.17, 15) is 4.79 Å². The van der Waals surface area contributed by atoms with Crippen LogP contribution < -0.4 is 10.6 Å². The lowest BCUT2D eigenvalue weighted by molar-refractivity contribution is -0.123. The Morgan fingerprint density at radius 3 is 2.94 bits per heavy atom. The molecule has 1 aliphatic carbocycles. The van der Waals surface area contributed by atoms with Gasteiger partial charge in [0.25, 0.3) is 0 Å². The van der Waals surface area contributed by atoms with Crippen LogP contribution in [0.2, 0.25) is 0 Å². The summed E-state index contributed by atoms with van der Waals surface area (Å²) in [4.78, 5) is 12.1. The van der Waals surface area contributed by atoms with Crippen LogP contribution >= 0.6 is 11.8 Å². The average Bonchev–Trinajstić information content (AvgIpc) is 2.72. The fourth-order valence-electron chi connectivity index (χ4n) is 3.16. The maximum atomic E-state index is 12.1. The number of hydrogen-bond acceptors (Lipinski definition) is 3. The molecule has 2 aliphatic rings. The normalized spacial score (nSPS) is 34.1. The van der Waals surface area contributed by atoms with Crippen LogP contribution in [-0.4, -0.2) is 36.0 Å². The molecule has 0 radical (unpaired) electrons. The minimum Gasteiger partial charge on any atom is -0.351 e. The number of hydrogen-bond donors (Lipinski definition) is 2. The highest BCUT2D eigenvalue weighted by molar-refractivity contribution is 7.98. The van der Waals surface area contributed by atoms with Crippen molar-refractivity contribution >= 4 is 17.7 Å². The highest BCUT2D eigenvalue weighted by Gasteiger charge is 2.38. The molecular weight excluding hydrogens is 232 g/mol. The van der Waals surface area contributed by atoms with Crippen LogP contribution in [0, 0.1) is 5.92 Å². The van der Waals surface area contributed by atoms with Crippen LogP contribution in [0.15, 0.2) is 0 Å². The standard InChI is InChI=1S/C13H24N2OS/c1-9(8-17-2)14-13(16)12-7-10-5-3-4-6-11(10)15-12/h9-12,15H,3-8H2,1-2H3,(H,14,16)/t9-,10-,11+,12-/m0/s1. The summed E-state index contributed by atoms with van der Waals surface area (Å²) in [5, 5.41) is 6.63. The molecule has 3 nitrogen and oxygen atoms in total. The van der Waals surface area contributed by atoms with Gasteiger partial charge in [0.1, 0.15) is 0 Å². The van der Waals surface area contributed by atoms with E-state index in [2.05, 4.69) is 23.8 Å². The molecule has 0 spiro atoms. The van der Waals surface area contributed by atoms with Crippen LogP contribution in [0.3, 0.4) is 0 Å². The summed E-state index contributed by atoms with van der Waals surface area (Å²) in [6, 6.07) is 0.949. The molecule has 2 N–H and O–H groups in total. The van der Waals surface area contributed by atoms with Gasteiger partial charge in [-0.3, -0.25) is 4.79 Å². The summed E-state index contributed by atoms with van der Waals surface area (Å²) in [7, 11) is 0. The van der Waals surface area contributed by atoms with Crippen molar-refractivity contribution in [1.29, 1.82) is 0 Å². The Hall–Kier alpha value is -0.220. The molecule has 17 heavy (non-hydrogen) atoms. The molecule has 1 saturated carbocycles. The zero-order valence-corrected chi connectivity index (χ0v) is 11.7. The van der Waals surface area contributed by atoms with E-state index in [0.29, 0.717) is 6.04 Å². The van der Waals surface area contributed by atoms with Crippen molar-refractivity contribution in [1.82, 2.24) is 10.6 Å². The summed E-state index contributed by atoms with van der Waals surface area (Å²) in [5.74, 6) is 1.95.